The first-order valence-corrected chi connectivity index (χ1v) is 8.85. The van der Waals surface area contributed by atoms with Gasteiger partial charge in [-0.05, 0) is 24.6 Å². The van der Waals surface area contributed by atoms with E-state index in [-0.39, 0.29) is 22.0 Å². The minimum absolute atomic E-state index is 0.0238. The molecule has 0 saturated heterocycles. The molecule has 0 fully saturated rings. The third-order valence-electron chi connectivity index (χ3n) is 4.49. The summed E-state index contributed by atoms with van der Waals surface area (Å²) in [7, 11) is 3.09. The average molecular weight is 385 g/mol. The van der Waals surface area contributed by atoms with Crippen LogP contribution < -0.4 is 16.4 Å². The highest BCUT2D eigenvalue weighted by Gasteiger charge is 2.17. The average Bonchev–Trinajstić information content (AvgIpc) is 2.68. The predicted octanol–water partition coefficient (Wildman–Crippen LogP) is 0.460. The van der Waals surface area contributed by atoms with Crippen molar-refractivity contribution in [2.75, 3.05) is 34.0 Å². The zero-order valence-electron chi connectivity index (χ0n) is 16.1. The van der Waals surface area contributed by atoms with Gasteiger partial charge in [0, 0.05) is 33.5 Å². The van der Waals surface area contributed by atoms with Gasteiger partial charge >= 0.3 is 0 Å². The Hall–Kier alpha value is -3.04. The van der Waals surface area contributed by atoms with Crippen molar-refractivity contribution in [3.63, 3.8) is 0 Å². The molecule has 0 spiro atoms. The van der Waals surface area contributed by atoms with E-state index in [0.717, 1.165) is 5.56 Å². The summed E-state index contributed by atoms with van der Waals surface area (Å²) >= 11 is 0. The molecule has 9 heteroatoms. The molecule has 3 aromatic heterocycles. The number of carbonyl (C=O) groups is 1. The topological polar surface area (TPSA) is 111 Å². The van der Waals surface area contributed by atoms with E-state index in [1.165, 1.54) is 22.1 Å². The first-order valence-electron chi connectivity index (χ1n) is 8.85. The molecule has 0 unspecified atom stereocenters. The lowest BCUT2D eigenvalue weighted by Gasteiger charge is -2.15. The number of amides is 1. The Morgan fingerprint density at radius 3 is 2.71 bits per heavy atom. The molecule has 0 bridgehead atoms. The summed E-state index contributed by atoms with van der Waals surface area (Å²) in [5, 5.41) is 11.5. The number of aromatic nitrogens is 3. The second-order valence-electron chi connectivity index (χ2n) is 6.34. The van der Waals surface area contributed by atoms with Crippen LogP contribution in [0, 0.1) is 12.3 Å². The standard InChI is InChI=1S/C19H23N5O4/c1-12-5-4-7-24-16(12)22-17-14(19(24)26)11-13(18(25)21-6-9-27-2)15(20)23(17)8-10-28-3/h4-5,7,11,20H,6,8-10H2,1-3H3,(H,21,25). The molecule has 3 heterocycles. The van der Waals surface area contributed by atoms with E-state index in [2.05, 4.69) is 10.3 Å². The van der Waals surface area contributed by atoms with Gasteiger partial charge in [0.15, 0.2) is 0 Å². The Morgan fingerprint density at radius 2 is 2.00 bits per heavy atom. The molecule has 0 aromatic carbocycles. The zero-order chi connectivity index (χ0) is 20.3. The van der Waals surface area contributed by atoms with Crippen molar-refractivity contribution < 1.29 is 14.3 Å². The molecule has 9 nitrogen and oxygen atoms in total. The largest absolute Gasteiger partial charge is 0.383 e. The molecule has 3 aromatic rings. The summed E-state index contributed by atoms with van der Waals surface area (Å²) in [5.41, 5.74) is 1.50. The van der Waals surface area contributed by atoms with Crippen LogP contribution in [0.15, 0.2) is 29.2 Å². The predicted molar refractivity (Wildman–Crippen MR) is 104 cm³/mol. The van der Waals surface area contributed by atoms with E-state index in [4.69, 9.17) is 14.9 Å². The van der Waals surface area contributed by atoms with Gasteiger partial charge in [0.05, 0.1) is 24.2 Å². The number of pyridine rings is 2. The Labute approximate surface area is 161 Å². The molecule has 0 aliphatic rings. The maximum Gasteiger partial charge on any atom is 0.267 e. The second kappa shape index (κ2) is 8.32. The third kappa shape index (κ3) is 3.54. The number of aryl methyl sites for hydroxylation is 1. The first-order chi connectivity index (χ1) is 13.5. The highest BCUT2D eigenvalue weighted by molar-refractivity contribution is 5.96. The second-order valence-corrected chi connectivity index (χ2v) is 6.34. The van der Waals surface area contributed by atoms with Crippen LogP contribution in [0.3, 0.4) is 0 Å². The third-order valence-corrected chi connectivity index (χ3v) is 4.49. The highest BCUT2D eigenvalue weighted by atomic mass is 16.5. The van der Waals surface area contributed by atoms with Crippen molar-refractivity contribution in [3.8, 4) is 0 Å². The van der Waals surface area contributed by atoms with Gasteiger partial charge in [-0.25, -0.2) is 4.98 Å². The number of carbonyl (C=O) groups excluding carboxylic acids is 1. The number of rotatable bonds is 7. The summed E-state index contributed by atoms with van der Waals surface area (Å²) in [6.07, 6.45) is 1.64. The van der Waals surface area contributed by atoms with Crippen LogP contribution in [-0.2, 0) is 16.0 Å². The van der Waals surface area contributed by atoms with Gasteiger partial charge in [0.25, 0.3) is 11.5 Å². The van der Waals surface area contributed by atoms with Gasteiger partial charge in [-0.15, -0.1) is 0 Å². The summed E-state index contributed by atoms with van der Waals surface area (Å²) in [6, 6.07) is 5.08. The highest BCUT2D eigenvalue weighted by Crippen LogP contribution is 2.12. The lowest BCUT2D eigenvalue weighted by molar-refractivity contribution is 0.0934. The minimum Gasteiger partial charge on any atom is -0.383 e. The normalized spacial score (nSPS) is 11.2. The number of methoxy groups -OCH3 is 2. The zero-order valence-corrected chi connectivity index (χ0v) is 16.1. The number of hydrogen-bond acceptors (Lipinski definition) is 6. The smallest absolute Gasteiger partial charge is 0.267 e. The fourth-order valence-corrected chi connectivity index (χ4v) is 3.03. The van der Waals surface area contributed by atoms with Crippen molar-refractivity contribution in [1.29, 1.82) is 5.41 Å². The molecule has 0 aliphatic carbocycles. The quantitative estimate of drug-likeness (QED) is 0.453. The molecule has 0 aliphatic heterocycles. The van der Waals surface area contributed by atoms with E-state index in [0.29, 0.717) is 37.6 Å². The van der Waals surface area contributed by atoms with Gasteiger partial charge < -0.3 is 19.4 Å². The lowest BCUT2D eigenvalue weighted by atomic mass is 10.2. The van der Waals surface area contributed by atoms with Crippen LogP contribution in [0.25, 0.3) is 16.7 Å². The van der Waals surface area contributed by atoms with E-state index in [1.54, 1.807) is 19.4 Å². The summed E-state index contributed by atoms with van der Waals surface area (Å²) in [4.78, 5) is 30.3. The van der Waals surface area contributed by atoms with Crippen LogP contribution in [0.4, 0.5) is 0 Å². The van der Waals surface area contributed by atoms with Crippen molar-refractivity contribution in [2.24, 2.45) is 0 Å². The van der Waals surface area contributed by atoms with E-state index in [9.17, 15) is 9.59 Å². The van der Waals surface area contributed by atoms with Crippen LogP contribution in [0.2, 0.25) is 0 Å². The number of hydrogen-bond donors (Lipinski definition) is 2. The Kier molecular flexibility index (Phi) is 5.86. The van der Waals surface area contributed by atoms with E-state index < -0.39 is 5.91 Å². The van der Waals surface area contributed by atoms with Gasteiger partial charge in [-0.3, -0.25) is 19.4 Å². The van der Waals surface area contributed by atoms with Crippen LogP contribution >= 0.6 is 0 Å². The molecule has 0 saturated carbocycles. The molecule has 1 amide bonds. The van der Waals surface area contributed by atoms with Crippen LogP contribution in [-0.4, -0.2) is 53.8 Å². The first kappa shape index (κ1) is 19.7. The number of nitrogens with zero attached hydrogens (tertiary/aromatic N) is 3. The van der Waals surface area contributed by atoms with Crippen molar-refractivity contribution in [2.45, 2.75) is 13.5 Å². The number of nitrogens with one attached hydrogen (secondary N) is 2. The molecule has 28 heavy (non-hydrogen) atoms. The summed E-state index contributed by atoms with van der Waals surface area (Å²) < 4.78 is 13.1. The summed E-state index contributed by atoms with van der Waals surface area (Å²) in [5.74, 6) is -0.441. The van der Waals surface area contributed by atoms with Crippen molar-refractivity contribution in [1.82, 2.24) is 19.3 Å². The van der Waals surface area contributed by atoms with Crippen LogP contribution in [0.5, 0.6) is 0 Å². The molecular weight excluding hydrogens is 362 g/mol. The minimum atomic E-state index is -0.441. The molecule has 0 radical (unpaired) electrons. The fourth-order valence-electron chi connectivity index (χ4n) is 3.03. The van der Waals surface area contributed by atoms with Gasteiger partial charge in [0.1, 0.15) is 16.8 Å². The molecule has 2 N–H and O–H groups in total. The number of fused-ring (bicyclic) bond motifs is 2. The maximum atomic E-state index is 13.1. The van der Waals surface area contributed by atoms with E-state index in [1.807, 2.05) is 13.0 Å². The van der Waals surface area contributed by atoms with E-state index >= 15 is 0 Å². The fraction of sp³-hybridized carbons (Fsp3) is 0.368. The Balaban J connectivity index is 2.29. The Bertz CT molecular complexity index is 1150. The molecule has 148 valence electrons. The van der Waals surface area contributed by atoms with Gasteiger partial charge in [-0.2, -0.15) is 0 Å². The lowest BCUT2D eigenvalue weighted by Crippen LogP contribution is -2.36. The summed E-state index contributed by atoms with van der Waals surface area (Å²) in [6.45, 7) is 3.13. The molecular formula is C19H23N5O4. The molecule has 0 atom stereocenters. The Morgan fingerprint density at radius 1 is 1.25 bits per heavy atom. The monoisotopic (exact) mass is 385 g/mol. The van der Waals surface area contributed by atoms with Crippen molar-refractivity contribution in [3.05, 3.63) is 51.4 Å². The molecule has 3 rings (SSSR count). The SMILES string of the molecule is COCCNC(=O)c1cc2c(=O)n3cccc(C)c3nc2n(CCOC)c1=N. The maximum absolute atomic E-state index is 13.1. The van der Waals surface area contributed by atoms with Crippen LogP contribution in [0.1, 0.15) is 15.9 Å². The number of ether oxygens (including phenoxy) is 2. The van der Waals surface area contributed by atoms with Gasteiger partial charge in [-0.1, -0.05) is 6.07 Å². The van der Waals surface area contributed by atoms with Gasteiger partial charge in [0.2, 0.25) is 0 Å². The van der Waals surface area contributed by atoms with Crippen molar-refractivity contribution >= 4 is 22.6 Å².